The molecule has 1 atom stereocenters. The summed E-state index contributed by atoms with van der Waals surface area (Å²) in [6, 6.07) is 11.6. The molecule has 2 aromatic rings. The van der Waals surface area contributed by atoms with Crippen molar-refractivity contribution in [1.29, 1.82) is 0 Å². The van der Waals surface area contributed by atoms with Gasteiger partial charge in [0.25, 0.3) is 11.1 Å². The Balaban J connectivity index is 1.65. The Morgan fingerprint density at radius 1 is 1.24 bits per heavy atom. The van der Waals surface area contributed by atoms with Crippen LogP contribution < -0.4 is 0 Å². The third-order valence-corrected chi connectivity index (χ3v) is 6.02. The minimum Gasteiger partial charge on any atom is -0.461 e. The number of furan rings is 1. The number of nitrogens with zero attached hydrogens (tertiary/aromatic N) is 1. The lowest BCUT2D eigenvalue weighted by Crippen LogP contribution is -2.35. The normalized spacial score (nSPS) is 16.5. The monoisotopic (exact) mass is 431 g/mol. The Kier molecular flexibility index (Phi) is 6.87. The zero-order chi connectivity index (χ0) is 21.0. The van der Waals surface area contributed by atoms with E-state index in [9.17, 15) is 14.4 Å². The summed E-state index contributed by atoms with van der Waals surface area (Å²) >= 11 is 2.25. The van der Waals surface area contributed by atoms with Crippen LogP contribution >= 0.6 is 23.5 Å². The molecule has 0 aliphatic carbocycles. The lowest BCUT2D eigenvalue weighted by Gasteiger charge is -2.14. The molecule has 29 heavy (non-hydrogen) atoms. The van der Waals surface area contributed by atoms with Crippen LogP contribution in [0.15, 0.2) is 55.7 Å². The Morgan fingerprint density at radius 3 is 2.66 bits per heavy atom. The predicted molar refractivity (Wildman–Crippen MR) is 113 cm³/mol. The van der Waals surface area contributed by atoms with Gasteiger partial charge in [-0.25, -0.2) is 0 Å². The molecule has 2 amide bonds. The van der Waals surface area contributed by atoms with Gasteiger partial charge in [0.15, 0.2) is 5.09 Å². The minimum atomic E-state index is -0.599. The SMILES string of the molecule is CC[C@H](C)OC(=O)CN1C(=O)S/C(=C\c2ccc(Sc3ccc(C)cc3)o2)C1=O. The molecule has 1 aromatic carbocycles. The van der Waals surface area contributed by atoms with Crippen molar-refractivity contribution < 1.29 is 23.5 Å². The first-order valence-corrected chi connectivity index (χ1v) is 10.8. The van der Waals surface area contributed by atoms with E-state index in [4.69, 9.17) is 9.15 Å². The van der Waals surface area contributed by atoms with Gasteiger partial charge in [-0.1, -0.05) is 36.4 Å². The van der Waals surface area contributed by atoms with Crippen LogP contribution in [0.4, 0.5) is 4.79 Å². The van der Waals surface area contributed by atoms with E-state index in [0.717, 1.165) is 21.6 Å². The van der Waals surface area contributed by atoms with Crippen LogP contribution in [-0.2, 0) is 14.3 Å². The molecule has 152 valence electrons. The van der Waals surface area contributed by atoms with Crippen molar-refractivity contribution in [1.82, 2.24) is 4.90 Å². The van der Waals surface area contributed by atoms with E-state index in [0.29, 0.717) is 17.3 Å². The number of carbonyl (C=O) groups is 3. The highest BCUT2D eigenvalue weighted by atomic mass is 32.2. The Hall–Kier alpha value is -2.45. The highest BCUT2D eigenvalue weighted by Crippen LogP contribution is 2.34. The zero-order valence-electron chi connectivity index (χ0n) is 16.3. The van der Waals surface area contributed by atoms with Gasteiger partial charge in [-0.3, -0.25) is 19.3 Å². The number of rotatable bonds is 7. The molecule has 0 spiro atoms. The first-order chi connectivity index (χ1) is 13.9. The molecule has 6 nitrogen and oxygen atoms in total. The third-order valence-electron chi connectivity index (χ3n) is 4.18. The van der Waals surface area contributed by atoms with Crippen LogP contribution in [-0.4, -0.2) is 34.7 Å². The van der Waals surface area contributed by atoms with Crippen molar-refractivity contribution in [2.75, 3.05) is 6.54 Å². The molecule has 3 rings (SSSR count). The molecule has 0 radical (unpaired) electrons. The quantitative estimate of drug-likeness (QED) is 0.445. The maximum Gasteiger partial charge on any atom is 0.326 e. The van der Waals surface area contributed by atoms with Crippen molar-refractivity contribution >= 4 is 46.7 Å². The van der Waals surface area contributed by atoms with E-state index in [1.165, 1.54) is 23.4 Å². The van der Waals surface area contributed by atoms with E-state index in [1.54, 1.807) is 13.0 Å². The van der Waals surface area contributed by atoms with Crippen LogP contribution in [0, 0.1) is 6.92 Å². The van der Waals surface area contributed by atoms with Gasteiger partial charge in [-0.15, -0.1) is 0 Å². The van der Waals surface area contributed by atoms with E-state index >= 15 is 0 Å². The largest absolute Gasteiger partial charge is 0.461 e. The second-order valence-electron chi connectivity index (χ2n) is 6.55. The Bertz CT molecular complexity index is 948. The van der Waals surface area contributed by atoms with Crippen molar-refractivity contribution in [3.63, 3.8) is 0 Å². The molecule has 1 fully saturated rings. The first kappa shape index (κ1) is 21.3. The van der Waals surface area contributed by atoms with Gasteiger partial charge in [0, 0.05) is 11.0 Å². The first-order valence-electron chi connectivity index (χ1n) is 9.15. The molecule has 8 heteroatoms. The second-order valence-corrected chi connectivity index (χ2v) is 8.62. The number of esters is 1. The molecule has 1 saturated heterocycles. The molecule has 1 aromatic heterocycles. The summed E-state index contributed by atoms with van der Waals surface area (Å²) in [5.41, 5.74) is 1.18. The van der Waals surface area contributed by atoms with Gasteiger partial charge in [-0.2, -0.15) is 0 Å². The molecule has 0 saturated carbocycles. The summed E-state index contributed by atoms with van der Waals surface area (Å²) in [5, 5.41) is 0.180. The van der Waals surface area contributed by atoms with Gasteiger partial charge in [0.2, 0.25) is 0 Å². The van der Waals surface area contributed by atoms with E-state index in [2.05, 4.69) is 0 Å². The van der Waals surface area contributed by atoms with Gasteiger partial charge in [-0.05, 0) is 56.3 Å². The summed E-state index contributed by atoms with van der Waals surface area (Å²) in [6.07, 6.45) is 1.92. The molecule has 2 heterocycles. The molecule has 0 N–H and O–H groups in total. The van der Waals surface area contributed by atoms with Crippen LogP contribution in [0.5, 0.6) is 0 Å². The van der Waals surface area contributed by atoms with E-state index < -0.39 is 17.1 Å². The smallest absolute Gasteiger partial charge is 0.326 e. The Labute approximate surface area is 177 Å². The topological polar surface area (TPSA) is 76.8 Å². The number of ether oxygens (including phenoxy) is 1. The lowest BCUT2D eigenvalue weighted by atomic mass is 10.2. The minimum absolute atomic E-state index is 0.215. The average molecular weight is 432 g/mol. The van der Waals surface area contributed by atoms with Crippen molar-refractivity contribution in [3.05, 3.63) is 52.6 Å². The Morgan fingerprint density at radius 2 is 1.97 bits per heavy atom. The van der Waals surface area contributed by atoms with Crippen LogP contribution in [0.25, 0.3) is 6.08 Å². The van der Waals surface area contributed by atoms with Gasteiger partial charge in [0.1, 0.15) is 12.3 Å². The molecular weight excluding hydrogens is 410 g/mol. The average Bonchev–Trinajstić information content (AvgIpc) is 3.23. The second kappa shape index (κ2) is 9.37. The lowest BCUT2D eigenvalue weighted by molar-refractivity contribution is -0.150. The number of hydrogen-bond acceptors (Lipinski definition) is 7. The van der Waals surface area contributed by atoms with Crippen molar-refractivity contribution in [3.8, 4) is 0 Å². The van der Waals surface area contributed by atoms with Crippen LogP contribution in [0.2, 0.25) is 0 Å². The summed E-state index contributed by atoms with van der Waals surface area (Å²) < 4.78 is 10.9. The summed E-state index contributed by atoms with van der Waals surface area (Å²) in [7, 11) is 0. The zero-order valence-corrected chi connectivity index (χ0v) is 18.0. The molecular formula is C21H21NO5S2. The molecule has 0 unspecified atom stereocenters. The number of thioether (sulfide) groups is 1. The summed E-state index contributed by atoms with van der Waals surface area (Å²) in [5.74, 6) is -0.657. The fraction of sp³-hybridized carbons (Fsp3) is 0.286. The highest BCUT2D eigenvalue weighted by Gasteiger charge is 2.37. The number of hydrogen-bond donors (Lipinski definition) is 0. The fourth-order valence-electron chi connectivity index (χ4n) is 2.43. The van der Waals surface area contributed by atoms with Crippen molar-refractivity contribution in [2.45, 2.75) is 43.3 Å². The van der Waals surface area contributed by atoms with Gasteiger partial charge >= 0.3 is 5.97 Å². The third kappa shape index (κ3) is 5.55. The number of aryl methyl sites for hydroxylation is 1. The maximum atomic E-state index is 12.5. The van der Waals surface area contributed by atoms with Gasteiger partial charge < -0.3 is 9.15 Å². The predicted octanol–water partition coefficient (Wildman–Crippen LogP) is 5.12. The van der Waals surface area contributed by atoms with Crippen molar-refractivity contribution in [2.24, 2.45) is 0 Å². The molecule has 1 aliphatic heterocycles. The highest BCUT2D eigenvalue weighted by molar-refractivity contribution is 8.18. The van der Waals surface area contributed by atoms with Gasteiger partial charge in [0.05, 0.1) is 11.0 Å². The van der Waals surface area contributed by atoms with E-state index in [1.807, 2.05) is 44.2 Å². The number of imide groups is 1. The summed E-state index contributed by atoms with van der Waals surface area (Å²) in [6.45, 7) is 5.28. The maximum absolute atomic E-state index is 12.5. The number of carbonyl (C=O) groups excluding carboxylic acids is 3. The number of amides is 2. The number of benzene rings is 1. The standard InChI is InChI=1S/C21H21NO5S2/c1-4-14(3)26-18(23)12-22-20(24)17(29-21(22)25)11-15-7-10-19(27-15)28-16-8-5-13(2)6-9-16/h5-11,14H,4,12H2,1-3H3/b17-11-/t14-/m0/s1. The van der Waals surface area contributed by atoms with Crippen LogP contribution in [0.1, 0.15) is 31.6 Å². The fourth-order valence-corrected chi connectivity index (χ4v) is 4.03. The summed E-state index contributed by atoms with van der Waals surface area (Å²) in [4.78, 5) is 38.7. The molecule has 0 bridgehead atoms. The molecule has 1 aliphatic rings. The van der Waals surface area contributed by atoms with Crippen LogP contribution in [0.3, 0.4) is 0 Å². The van der Waals surface area contributed by atoms with E-state index in [-0.39, 0.29) is 17.6 Å².